The highest BCUT2D eigenvalue weighted by molar-refractivity contribution is 6.13. The highest BCUT2D eigenvalue weighted by Gasteiger charge is 2.52. The zero-order valence-electron chi connectivity index (χ0n) is 41.7. The third kappa shape index (κ3) is 7.48. The molecule has 7 aromatic rings. The standard InChI is InChI=1S/C57H60N12/c1-52(2)55(7,8)67(37-25-16-13-17-26-37)49(64-52)43-34-22-31-40(58-43)46-61-47(41-32-23-35-44(59-41)50-65-53(3,4)56(9,10)68(50)38-27-18-14-19-28-38)63-48(62-46)42-33-24-36-45(60-42)51-66-54(5,6)57(11,12)69(51)39-29-20-15-21-30-39/h13-36H,1-12H3. The summed E-state index contributed by atoms with van der Waals surface area (Å²) in [6.07, 6.45) is 0. The van der Waals surface area contributed by atoms with Crippen molar-refractivity contribution in [2.24, 2.45) is 15.0 Å². The Bertz CT molecular complexity index is 2840. The van der Waals surface area contributed by atoms with Crippen LogP contribution in [-0.4, -0.2) is 80.6 Å². The first-order chi connectivity index (χ1) is 32.7. The molecule has 10 rings (SSSR count). The van der Waals surface area contributed by atoms with E-state index in [9.17, 15) is 0 Å². The lowest BCUT2D eigenvalue weighted by Crippen LogP contribution is -2.53. The summed E-state index contributed by atoms with van der Waals surface area (Å²) in [7, 11) is 0. The summed E-state index contributed by atoms with van der Waals surface area (Å²) in [5, 5.41) is 0. The van der Waals surface area contributed by atoms with Crippen LogP contribution in [0.1, 0.15) is 100 Å². The molecule has 348 valence electrons. The van der Waals surface area contributed by atoms with Crippen molar-refractivity contribution in [3.63, 3.8) is 0 Å². The van der Waals surface area contributed by atoms with Crippen LogP contribution in [0.2, 0.25) is 0 Å². The Labute approximate surface area is 406 Å². The van der Waals surface area contributed by atoms with E-state index in [-0.39, 0.29) is 16.6 Å². The minimum absolute atomic E-state index is 0.365. The van der Waals surface area contributed by atoms with Gasteiger partial charge in [-0.25, -0.2) is 29.9 Å². The Morgan fingerprint density at radius 3 is 0.739 bits per heavy atom. The number of hydrogen-bond acceptors (Lipinski definition) is 12. The molecule has 0 saturated heterocycles. The lowest BCUT2D eigenvalue weighted by atomic mass is 9.83. The third-order valence-electron chi connectivity index (χ3n) is 15.3. The van der Waals surface area contributed by atoms with Crippen LogP contribution in [0.5, 0.6) is 0 Å². The van der Waals surface area contributed by atoms with E-state index in [1.807, 2.05) is 72.8 Å². The van der Waals surface area contributed by atoms with Gasteiger partial charge in [-0.1, -0.05) is 72.8 Å². The van der Waals surface area contributed by atoms with Crippen LogP contribution in [0.4, 0.5) is 17.1 Å². The van der Waals surface area contributed by atoms with Crippen LogP contribution in [-0.2, 0) is 0 Å². The molecule has 3 aromatic carbocycles. The average molecular weight is 913 g/mol. The molecule has 3 aliphatic rings. The zero-order valence-corrected chi connectivity index (χ0v) is 41.7. The molecule has 0 bridgehead atoms. The van der Waals surface area contributed by atoms with Crippen molar-refractivity contribution in [2.45, 2.75) is 116 Å². The third-order valence-corrected chi connectivity index (χ3v) is 15.3. The highest BCUT2D eigenvalue weighted by atomic mass is 15.4. The molecule has 3 aliphatic heterocycles. The first kappa shape index (κ1) is 45.3. The zero-order chi connectivity index (χ0) is 48.7. The maximum atomic E-state index is 5.33. The van der Waals surface area contributed by atoms with E-state index >= 15 is 0 Å². The van der Waals surface area contributed by atoms with Crippen LogP contribution in [0.15, 0.2) is 161 Å². The largest absolute Gasteiger partial charge is 0.317 e. The molecule has 0 saturated carbocycles. The summed E-state index contributed by atoms with van der Waals surface area (Å²) >= 11 is 0. The molecule has 0 fully saturated rings. The van der Waals surface area contributed by atoms with Crippen molar-refractivity contribution in [3.05, 3.63) is 163 Å². The number of anilines is 3. The molecule has 7 heterocycles. The van der Waals surface area contributed by atoms with Gasteiger partial charge in [-0.15, -0.1) is 0 Å². The van der Waals surface area contributed by atoms with Gasteiger partial charge in [0.2, 0.25) is 0 Å². The number of aliphatic imine (C=N–C) groups is 3. The topological polar surface area (TPSA) is 124 Å². The van der Waals surface area contributed by atoms with Crippen LogP contribution in [0.3, 0.4) is 0 Å². The van der Waals surface area contributed by atoms with Gasteiger partial charge in [0.25, 0.3) is 0 Å². The summed E-state index contributed by atoms with van der Waals surface area (Å²) in [4.78, 5) is 54.3. The summed E-state index contributed by atoms with van der Waals surface area (Å²) < 4.78 is 0. The molecule has 0 radical (unpaired) electrons. The number of hydrogen-bond donors (Lipinski definition) is 0. The number of benzene rings is 3. The van der Waals surface area contributed by atoms with Gasteiger partial charge < -0.3 is 14.7 Å². The molecule has 0 N–H and O–H groups in total. The second-order valence-electron chi connectivity index (χ2n) is 21.2. The van der Waals surface area contributed by atoms with Crippen molar-refractivity contribution in [2.75, 3.05) is 14.7 Å². The Hall–Kier alpha value is -7.47. The number of aromatic nitrogens is 6. The predicted molar refractivity (Wildman–Crippen MR) is 280 cm³/mol. The Kier molecular flexibility index (Phi) is 10.6. The van der Waals surface area contributed by atoms with Gasteiger partial charge in [-0.2, -0.15) is 0 Å². The molecule has 0 spiro atoms. The van der Waals surface area contributed by atoms with Crippen molar-refractivity contribution in [1.29, 1.82) is 0 Å². The molecule has 0 atom stereocenters. The van der Waals surface area contributed by atoms with Crippen LogP contribution >= 0.6 is 0 Å². The summed E-state index contributed by atoms with van der Waals surface area (Å²) in [5.41, 5.74) is 4.52. The van der Waals surface area contributed by atoms with Gasteiger partial charge in [0, 0.05) is 17.1 Å². The molecule has 12 heteroatoms. The molecular weight excluding hydrogens is 853 g/mol. The molecule has 4 aromatic heterocycles. The molecule has 0 amide bonds. The van der Waals surface area contributed by atoms with Gasteiger partial charge in [-0.3, -0.25) is 15.0 Å². The van der Waals surface area contributed by atoms with E-state index in [1.54, 1.807) is 0 Å². The Morgan fingerprint density at radius 1 is 0.261 bits per heavy atom. The van der Waals surface area contributed by atoms with Crippen molar-refractivity contribution < 1.29 is 0 Å². The van der Waals surface area contributed by atoms with Crippen molar-refractivity contribution in [3.8, 4) is 34.6 Å². The number of nitrogens with zero attached hydrogens (tertiary/aromatic N) is 12. The maximum Gasteiger partial charge on any atom is 0.182 e. The smallest absolute Gasteiger partial charge is 0.182 e. The van der Waals surface area contributed by atoms with Crippen molar-refractivity contribution >= 4 is 34.6 Å². The second-order valence-corrected chi connectivity index (χ2v) is 21.2. The average Bonchev–Trinajstić information content (AvgIpc) is 3.76. The first-order valence-corrected chi connectivity index (χ1v) is 23.8. The van der Waals surface area contributed by atoms with E-state index in [0.29, 0.717) is 51.6 Å². The van der Waals surface area contributed by atoms with Crippen molar-refractivity contribution in [1.82, 2.24) is 29.9 Å². The number of rotatable bonds is 9. The number of pyridine rings is 3. The van der Waals surface area contributed by atoms with Crippen LogP contribution in [0, 0.1) is 0 Å². The molecular formula is C57H60N12. The van der Waals surface area contributed by atoms with E-state index in [1.165, 1.54) is 0 Å². The van der Waals surface area contributed by atoms with Gasteiger partial charge in [0.05, 0.1) is 33.2 Å². The lowest BCUT2D eigenvalue weighted by Gasteiger charge is -2.41. The fourth-order valence-corrected chi connectivity index (χ4v) is 9.32. The van der Waals surface area contributed by atoms with Gasteiger partial charge in [-0.05, 0) is 156 Å². The van der Waals surface area contributed by atoms with Gasteiger partial charge in [0.1, 0.15) is 34.2 Å². The Balaban J connectivity index is 1.13. The second kappa shape index (κ2) is 16.1. The Morgan fingerprint density at radius 2 is 0.493 bits per heavy atom. The van der Waals surface area contributed by atoms with E-state index in [4.69, 9.17) is 44.9 Å². The summed E-state index contributed by atoms with van der Waals surface area (Å²) in [6, 6.07) is 48.9. The summed E-state index contributed by atoms with van der Waals surface area (Å²) in [5.74, 6) is 3.43. The molecule has 69 heavy (non-hydrogen) atoms. The minimum Gasteiger partial charge on any atom is -0.317 e. The quantitative estimate of drug-likeness (QED) is 0.139. The van der Waals surface area contributed by atoms with E-state index < -0.39 is 16.6 Å². The van der Waals surface area contributed by atoms with E-state index in [0.717, 1.165) is 34.6 Å². The highest BCUT2D eigenvalue weighted by Crippen LogP contribution is 2.45. The van der Waals surface area contributed by atoms with Gasteiger partial charge >= 0.3 is 0 Å². The van der Waals surface area contributed by atoms with Gasteiger partial charge in [0.15, 0.2) is 35.0 Å². The molecule has 0 aliphatic carbocycles. The fourth-order valence-electron chi connectivity index (χ4n) is 9.32. The molecule has 0 unspecified atom stereocenters. The predicted octanol–water partition coefficient (Wildman–Crippen LogP) is 11.5. The first-order valence-electron chi connectivity index (χ1n) is 23.8. The number of amidine groups is 3. The summed E-state index contributed by atoms with van der Waals surface area (Å²) in [6.45, 7) is 26.4. The fraction of sp³-hybridized carbons (Fsp3) is 0.316. The normalized spacial score (nSPS) is 19.3. The number of para-hydroxylation sites is 3. The van der Waals surface area contributed by atoms with Crippen LogP contribution in [0.25, 0.3) is 34.6 Å². The maximum absolute atomic E-state index is 5.33. The SMILES string of the molecule is CC1(C)N=C(c2cccc(-c3nc(-c4cccc(C5=NC(C)(C)C(C)(C)N5c5ccccc5)n4)nc(-c4cccc(C5=NC(C)(C)C(C)(C)N5c5ccccc5)n4)n3)n2)N(c2ccccc2)C1(C)C. The lowest BCUT2D eigenvalue weighted by molar-refractivity contribution is 0.338. The van der Waals surface area contributed by atoms with Crippen LogP contribution < -0.4 is 14.7 Å². The minimum atomic E-state index is -0.426. The van der Waals surface area contributed by atoms with E-state index in [2.05, 4.69) is 171 Å². The molecule has 12 nitrogen and oxygen atoms in total. The monoisotopic (exact) mass is 913 g/mol.